The summed E-state index contributed by atoms with van der Waals surface area (Å²) in [6.45, 7) is 8.10. The van der Waals surface area contributed by atoms with Crippen LogP contribution in [0.3, 0.4) is 0 Å². The lowest BCUT2D eigenvalue weighted by molar-refractivity contribution is 0.316. The van der Waals surface area contributed by atoms with E-state index in [4.69, 9.17) is 0 Å². The predicted octanol–water partition coefficient (Wildman–Crippen LogP) is 4.86. The van der Waals surface area contributed by atoms with Gasteiger partial charge in [0.2, 0.25) is 0 Å². The van der Waals surface area contributed by atoms with Crippen LogP contribution in [0.2, 0.25) is 0 Å². The Balaban J connectivity index is 1.92. The van der Waals surface area contributed by atoms with Gasteiger partial charge in [-0.2, -0.15) is 0 Å². The number of aromatic nitrogens is 1. The van der Waals surface area contributed by atoms with Crippen molar-refractivity contribution in [1.29, 1.82) is 0 Å². The van der Waals surface area contributed by atoms with Crippen molar-refractivity contribution in [1.82, 2.24) is 9.88 Å². The molecule has 1 N–H and O–H groups in total. The van der Waals surface area contributed by atoms with E-state index in [1.807, 2.05) is 23.7 Å². The average molecular weight is 343 g/mol. The van der Waals surface area contributed by atoms with Gasteiger partial charge in [-0.3, -0.25) is 0 Å². The highest BCUT2D eigenvalue weighted by molar-refractivity contribution is 7.13. The fourth-order valence-electron chi connectivity index (χ4n) is 2.86. The van der Waals surface area contributed by atoms with Crippen molar-refractivity contribution in [2.75, 3.05) is 31.5 Å². The first-order valence-electron chi connectivity index (χ1n) is 8.31. The molecule has 0 saturated carbocycles. The minimum absolute atomic E-state index is 0.237. The molecular formula is C19H22FN3S. The average Bonchev–Trinajstić information content (AvgIpc) is 3.13. The third-order valence-corrected chi connectivity index (χ3v) is 5.15. The molecule has 0 spiro atoms. The number of hydrogen-bond acceptors (Lipinski definition) is 4. The summed E-state index contributed by atoms with van der Waals surface area (Å²) < 4.78 is 13.8. The van der Waals surface area contributed by atoms with Crippen LogP contribution >= 0.6 is 11.3 Å². The summed E-state index contributed by atoms with van der Waals surface area (Å²) in [7, 11) is 0. The Morgan fingerprint density at radius 1 is 1.17 bits per heavy atom. The lowest BCUT2D eigenvalue weighted by atomic mass is 10.1. The van der Waals surface area contributed by atoms with E-state index < -0.39 is 0 Å². The van der Waals surface area contributed by atoms with E-state index in [9.17, 15) is 4.39 Å². The summed E-state index contributed by atoms with van der Waals surface area (Å²) in [5.41, 5.74) is 1.05. The van der Waals surface area contributed by atoms with Crippen LogP contribution in [-0.4, -0.2) is 36.1 Å². The zero-order chi connectivity index (χ0) is 16.9. The van der Waals surface area contributed by atoms with Gasteiger partial charge in [0, 0.05) is 35.1 Å². The summed E-state index contributed by atoms with van der Waals surface area (Å²) in [5.74, 6) is 0.511. The number of nitrogens with one attached hydrogen (secondary N) is 1. The van der Waals surface area contributed by atoms with Gasteiger partial charge in [-0.1, -0.05) is 26.0 Å². The second kappa shape index (κ2) is 7.73. The Labute approximate surface area is 146 Å². The summed E-state index contributed by atoms with van der Waals surface area (Å²) in [6, 6.07) is 9.01. The Morgan fingerprint density at radius 2 is 2.00 bits per heavy atom. The summed E-state index contributed by atoms with van der Waals surface area (Å²) in [5, 5.41) is 7.27. The molecule has 3 aromatic rings. The van der Waals surface area contributed by atoms with Crippen molar-refractivity contribution in [3.05, 3.63) is 47.7 Å². The number of hydrogen-bond donors (Lipinski definition) is 1. The second-order valence-corrected chi connectivity index (χ2v) is 6.59. The molecule has 0 radical (unpaired) electrons. The lowest BCUT2D eigenvalue weighted by Crippen LogP contribution is -2.28. The topological polar surface area (TPSA) is 28.2 Å². The number of halogens is 1. The van der Waals surface area contributed by atoms with E-state index in [1.165, 1.54) is 6.07 Å². The molecule has 24 heavy (non-hydrogen) atoms. The molecule has 0 aliphatic rings. The fraction of sp³-hybridized carbons (Fsp3) is 0.316. The first-order chi connectivity index (χ1) is 11.7. The maximum absolute atomic E-state index is 13.8. The molecule has 3 rings (SSSR count). The monoisotopic (exact) mass is 343 g/mol. The first kappa shape index (κ1) is 16.9. The SMILES string of the molecule is CCN(CC)CCNc1ncc(-c2cccs2)c2ccc(F)cc12. The van der Waals surface area contributed by atoms with E-state index in [0.717, 1.165) is 53.2 Å². The van der Waals surface area contributed by atoms with Gasteiger partial charge in [0.1, 0.15) is 11.6 Å². The lowest BCUT2D eigenvalue weighted by Gasteiger charge is -2.19. The normalized spacial score (nSPS) is 11.3. The summed E-state index contributed by atoms with van der Waals surface area (Å²) in [6.07, 6.45) is 1.88. The highest BCUT2D eigenvalue weighted by Gasteiger charge is 2.11. The van der Waals surface area contributed by atoms with Crippen LogP contribution in [0.5, 0.6) is 0 Å². The second-order valence-electron chi connectivity index (χ2n) is 5.64. The molecule has 0 atom stereocenters. The van der Waals surface area contributed by atoms with Gasteiger partial charge in [0.15, 0.2) is 0 Å². The predicted molar refractivity (Wildman–Crippen MR) is 101 cm³/mol. The van der Waals surface area contributed by atoms with Crippen LogP contribution in [0.1, 0.15) is 13.8 Å². The van der Waals surface area contributed by atoms with Gasteiger partial charge in [-0.25, -0.2) is 9.37 Å². The van der Waals surface area contributed by atoms with Crippen LogP contribution in [0, 0.1) is 5.82 Å². The van der Waals surface area contributed by atoms with Gasteiger partial charge in [0.25, 0.3) is 0 Å². The van der Waals surface area contributed by atoms with Crippen LogP contribution in [0.4, 0.5) is 10.2 Å². The minimum atomic E-state index is -0.237. The molecule has 1 aromatic carbocycles. The van der Waals surface area contributed by atoms with Gasteiger partial charge in [-0.05, 0) is 42.1 Å². The minimum Gasteiger partial charge on any atom is -0.368 e. The van der Waals surface area contributed by atoms with Crippen LogP contribution in [-0.2, 0) is 0 Å². The smallest absolute Gasteiger partial charge is 0.134 e. The number of likely N-dealkylation sites (N-methyl/N-ethyl adjacent to an activating group) is 1. The van der Waals surface area contributed by atoms with E-state index in [-0.39, 0.29) is 5.82 Å². The largest absolute Gasteiger partial charge is 0.368 e. The van der Waals surface area contributed by atoms with Crippen molar-refractivity contribution in [2.24, 2.45) is 0 Å². The van der Waals surface area contributed by atoms with Gasteiger partial charge in [-0.15, -0.1) is 11.3 Å². The summed E-state index contributed by atoms with van der Waals surface area (Å²) >= 11 is 1.67. The van der Waals surface area contributed by atoms with Crippen molar-refractivity contribution in [3.63, 3.8) is 0 Å². The molecule has 0 bridgehead atoms. The number of nitrogens with zero attached hydrogens (tertiary/aromatic N) is 2. The maximum Gasteiger partial charge on any atom is 0.134 e. The molecular weight excluding hydrogens is 321 g/mol. The summed E-state index contributed by atoms with van der Waals surface area (Å²) in [4.78, 5) is 8.05. The van der Waals surface area contributed by atoms with Crippen LogP contribution < -0.4 is 5.32 Å². The van der Waals surface area contributed by atoms with Gasteiger partial charge < -0.3 is 10.2 Å². The Kier molecular flexibility index (Phi) is 5.43. The zero-order valence-corrected chi connectivity index (χ0v) is 14.9. The van der Waals surface area contributed by atoms with Crippen molar-refractivity contribution in [3.8, 4) is 10.4 Å². The van der Waals surface area contributed by atoms with E-state index in [0.29, 0.717) is 0 Å². The molecule has 2 aromatic heterocycles. The van der Waals surface area contributed by atoms with Crippen LogP contribution in [0.25, 0.3) is 21.2 Å². The quantitative estimate of drug-likeness (QED) is 0.664. The molecule has 0 aliphatic carbocycles. The fourth-order valence-corrected chi connectivity index (χ4v) is 3.61. The number of anilines is 1. The standard InChI is InChI=1S/C19H22FN3S/c1-3-23(4-2)10-9-21-19-16-12-14(20)7-8-15(16)17(13-22-19)18-6-5-11-24-18/h5-8,11-13H,3-4,9-10H2,1-2H3,(H,21,22). The van der Waals surface area contributed by atoms with Crippen molar-refractivity contribution in [2.45, 2.75) is 13.8 Å². The molecule has 3 nitrogen and oxygen atoms in total. The Morgan fingerprint density at radius 3 is 2.71 bits per heavy atom. The van der Waals surface area contributed by atoms with Crippen LogP contribution in [0.15, 0.2) is 41.9 Å². The maximum atomic E-state index is 13.8. The van der Waals surface area contributed by atoms with Crippen molar-refractivity contribution >= 4 is 27.9 Å². The third-order valence-electron chi connectivity index (χ3n) is 4.25. The number of rotatable bonds is 7. The molecule has 0 saturated heterocycles. The van der Waals surface area contributed by atoms with E-state index >= 15 is 0 Å². The Bertz CT molecular complexity index is 798. The zero-order valence-electron chi connectivity index (χ0n) is 14.1. The molecule has 2 heterocycles. The van der Waals surface area contributed by atoms with Gasteiger partial charge in [0.05, 0.1) is 0 Å². The molecule has 5 heteroatoms. The molecule has 0 fully saturated rings. The number of benzene rings is 1. The first-order valence-corrected chi connectivity index (χ1v) is 9.19. The molecule has 0 aliphatic heterocycles. The molecule has 0 unspecified atom stereocenters. The highest BCUT2D eigenvalue weighted by atomic mass is 32.1. The van der Waals surface area contributed by atoms with E-state index in [2.05, 4.69) is 35.1 Å². The van der Waals surface area contributed by atoms with Gasteiger partial charge >= 0.3 is 0 Å². The van der Waals surface area contributed by atoms with E-state index in [1.54, 1.807) is 17.4 Å². The number of pyridine rings is 1. The highest BCUT2D eigenvalue weighted by Crippen LogP contribution is 2.34. The number of fused-ring (bicyclic) bond motifs is 1. The third kappa shape index (κ3) is 3.57. The number of thiophene rings is 1. The molecule has 126 valence electrons. The van der Waals surface area contributed by atoms with Crippen molar-refractivity contribution < 1.29 is 4.39 Å². The molecule has 0 amide bonds. The Hall–Kier alpha value is -1.98.